The van der Waals surface area contributed by atoms with Crippen molar-refractivity contribution in [3.05, 3.63) is 48.6 Å². The topological polar surface area (TPSA) is 180 Å². The molecule has 0 aliphatic rings. The smallest absolute Gasteiger partial charge is 0.462 e. The molecule has 332 valence electrons. The average molecular weight is 829 g/mol. The summed E-state index contributed by atoms with van der Waals surface area (Å²) < 4.78 is 26.2. The van der Waals surface area contributed by atoms with Crippen molar-refractivity contribution < 1.29 is 53.3 Å². The van der Waals surface area contributed by atoms with Crippen LogP contribution in [0, 0.1) is 0 Å². The minimum atomic E-state index is -4.84. The van der Waals surface area contributed by atoms with Gasteiger partial charge in [0.15, 0.2) is 6.10 Å². The molecule has 4 atom stereocenters. The van der Waals surface area contributed by atoms with Crippen molar-refractivity contribution in [2.24, 2.45) is 0 Å². The van der Waals surface area contributed by atoms with E-state index in [1.807, 2.05) is 0 Å². The zero-order valence-electron chi connectivity index (χ0n) is 35.6. The lowest BCUT2D eigenvalue weighted by Gasteiger charge is -2.18. The number of esters is 2. The van der Waals surface area contributed by atoms with Crippen LogP contribution in [0.1, 0.15) is 187 Å². The quantitative estimate of drug-likeness (QED) is 0.0172. The molecule has 11 nitrogen and oxygen atoms in total. The Kier molecular flexibility index (Phi) is 37.9. The van der Waals surface area contributed by atoms with Gasteiger partial charge in [-0.3, -0.25) is 14.1 Å². The number of hydrogen-bond donors (Lipinski definition) is 5. The number of phosphoric ester groups is 1. The van der Waals surface area contributed by atoms with Crippen LogP contribution in [-0.2, 0) is 28.2 Å². The highest BCUT2D eigenvalue weighted by Gasteiger charge is 2.23. The fourth-order valence-corrected chi connectivity index (χ4v) is 6.59. The number of ether oxygens (including phenoxy) is 2. The number of rotatable bonds is 40. The molecule has 0 amide bonds. The van der Waals surface area contributed by atoms with Gasteiger partial charge in [-0.15, -0.1) is 0 Å². The molecule has 0 unspecified atom stereocenters. The summed E-state index contributed by atoms with van der Waals surface area (Å²) >= 11 is 0. The minimum Gasteiger partial charge on any atom is -0.462 e. The van der Waals surface area contributed by atoms with Crippen molar-refractivity contribution in [1.29, 1.82) is 0 Å². The number of carbonyl (C=O) groups is 2. The van der Waals surface area contributed by atoms with E-state index >= 15 is 0 Å². The SMILES string of the molecule is CCCCCCCCCCCCCCCCCCCCCC(=O)O[C@H](COC(=O)CCC[C@@H](O)[C@H](O)/C=C/C=C/C=C\C=C\[C@H](O)CCCCC)COP(=O)(O)O. The van der Waals surface area contributed by atoms with Crippen LogP contribution in [0.4, 0.5) is 0 Å². The summed E-state index contributed by atoms with van der Waals surface area (Å²) in [6, 6.07) is 0. The predicted octanol–water partition coefficient (Wildman–Crippen LogP) is 10.4. The summed E-state index contributed by atoms with van der Waals surface area (Å²) in [7, 11) is -4.84. The first kappa shape index (κ1) is 54.9. The maximum atomic E-state index is 12.4. The first-order valence-electron chi connectivity index (χ1n) is 22.3. The van der Waals surface area contributed by atoms with Gasteiger partial charge in [-0.1, -0.05) is 197 Å². The Morgan fingerprint density at radius 1 is 0.526 bits per heavy atom. The molecule has 0 aliphatic carbocycles. The van der Waals surface area contributed by atoms with E-state index in [1.165, 1.54) is 102 Å². The van der Waals surface area contributed by atoms with Gasteiger partial charge in [-0.25, -0.2) is 4.57 Å². The van der Waals surface area contributed by atoms with E-state index in [4.69, 9.17) is 19.3 Å². The zero-order chi connectivity index (χ0) is 42.2. The molecule has 0 rings (SSSR count). The fraction of sp³-hybridized carbons (Fsp3) is 0.778. The largest absolute Gasteiger partial charge is 0.469 e. The summed E-state index contributed by atoms with van der Waals surface area (Å²) in [5, 5.41) is 30.3. The van der Waals surface area contributed by atoms with Crippen LogP contribution in [0.5, 0.6) is 0 Å². The Morgan fingerprint density at radius 2 is 0.965 bits per heavy atom. The van der Waals surface area contributed by atoms with Gasteiger partial charge >= 0.3 is 19.8 Å². The van der Waals surface area contributed by atoms with E-state index in [1.54, 1.807) is 42.5 Å². The van der Waals surface area contributed by atoms with E-state index in [9.17, 15) is 29.5 Å². The van der Waals surface area contributed by atoms with E-state index in [2.05, 4.69) is 18.4 Å². The third-order valence-electron chi connectivity index (χ3n) is 9.72. The van der Waals surface area contributed by atoms with Gasteiger partial charge in [0.2, 0.25) is 0 Å². The molecule has 0 aliphatic heterocycles. The van der Waals surface area contributed by atoms with Crippen molar-refractivity contribution in [3.63, 3.8) is 0 Å². The molecule has 5 N–H and O–H groups in total. The van der Waals surface area contributed by atoms with Gasteiger partial charge in [0.25, 0.3) is 0 Å². The second kappa shape index (κ2) is 39.4. The second-order valence-corrected chi connectivity index (χ2v) is 16.5. The van der Waals surface area contributed by atoms with Gasteiger partial charge in [-0.05, 0) is 25.7 Å². The van der Waals surface area contributed by atoms with Gasteiger partial charge < -0.3 is 34.6 Å². The highest BCUT2D eigenvalue weighted by atomic mass is 31.2. The molecule has 0 saturated heterocycles. The van der Waals surface area contributed by atoms with Crippen molar-refractivity contribution >= 4 is 19.8 Å². The van der Waals surface area contributed by atoms with E-state index in [0.717, 1.165) is 44.9 Å². The number of aliphatic hydroxyl groups excluding tert-OH is 3. The minimum absolute atomic E-state index is 0.0849. The normalized spacial score (nSPS) is 14.6. The van der Waals surface area contributed by atoms with Crippen molar-refractivity contribution in [2.45, 2.75) is 212 Å². The van der Waals surface area contributed by atoms with Crippen LogP contribution >= 0.6 is 7.82 Å². The van der Waals surface area contributed by atoms with Crippen molar-refractivity contribution in [3.8, 4) is 0 Å². The zero-order valence-corrected chi connectivity index (χ0v) is 36.5. The number of allylic oxidation sites excluding steroid dienone is 6. The molecule has 0 fully saturated rings. The Balaban J connectivity index is 4.17. The fourth-order valence-electron chi connectivity index (χ4n) is 6.23. The summed E-state index contributed by atoms with van der Waals surface area (Å²) in [5.74, 6) is -1.21. The van der Waals surface area contributed by atoms with Crippen molar-refractivity contribution in [2.75, 3.05) is 13.2 Å². The highest BCUT2D eigenvalue weighted by molar-refractivity contribution is 7.46. The van der Waals surface area contributed by atoms with Crippen LogP contribution < -0.4 is 0 Å². The molecule has 0 aromatic carbocycles. The third kappa shape index (κ3) is 40.5. The Hall–Kier alpha value is -2.11. The predicted molar refractivity (Wildman–Crippen MR) is 229 cm³/mol. The summed E-state index contributed by atoms with van der Waals surface area (Å²) in [6.45, 7) is 3.31. The maximum absolute atomic E-state index is 12.4. The molecule has 0 saturated carbocycles. The standard InChI is InChI=1S/C45H81O11P/c1-3-5-7-8-9-10-11-12-13-14-15-16-17-18-19-20-21-26-30-36-45(50)56-41(39-55-57(51,52)53)38-54-44(49)37-31-35-43(48)42(47)34-29-25-23-22-24-28-33-40(46)32-27-6-4-2/h22-25,28-29,33-34,40-43,46-48H,3-21,26-27,30-32,35-39H2,1-2H3,(H2,51,52,53)/b24-22-,25-23+,33-28+,34-29+/t40-,41-,42-,43-/m1/s1. The summed E-state index contributed by atoms with van der Waals surface area (Å²) in [5.41, 5.74) is 0. The molecular formula is C45H81O11P. The van der Waals surface area contributed by atoms with Gasteiger partial charge in [0.05, 0.1) is 24.9 Å². The molecule has 0 aromatic rings. The number of carbonyl (C=O) groups excluding carboxylic acids is 2. The Bertz CT molecular complexity index is 1120. The molecule has 0 heterocycles. The number of unbranched alkanes of at least 4 members (excludes halogenated alkanes) is 20. The summed E-state index contributed by atoms with van der Waals surface area (Å²) in [6.07, 6.45) is 37.7. The van der Waals surface area contributed by atoms with E-state index in [-0.39, 0.29) is 25.7 Å². The number of aliphatic hydroxyl groups is 3. The van der Waals surface area contributed by atoms with E-state index < -0.39 is 57.4 Å². The summed E-state index contributed by atoms with van der Waals surface area (Å²) in [4.78, 5) is 43.0. The lowest BCUT2D eigenvalue weighted by atomic mass is 10.0. The average Bonchev–Trinajstić information content (AvgIpc) is 3.17. The van der Waals surface area contributed by atoms with Crippen LogP contribution in [0.3, 0.4) is 0 Å². The molecule has 0 aromatic heterocycles. The molecule has 57 heavy (non-hydrogen) atoms. The number of phosphoric acid groups is 1. The van der Waals surface area contributed by atoms with Gasteiger partial charge in [0.1, 0.15) is 6.61 Å². The first-order valence-corrected chi connectivity index (χ1v) is 23.8. The third-order valence-corrected chi connectivity index (χ3v) is 10.2. The second-order valence-electron chi connectivity index (χ2n) is 15.2. The first-order chi connectivity index (χ1) is 27.5. The van der Waals surface area contributed by atoms with Crippen LogP contribution in [0.25, 0.3) is 0 Å². The molecule has 0 radical (unpaired) electrons. The molecule has 12 heteroatoms. The van der Waals surface area contributed by atoms with Crippen LogP contribution in [0.2, 0.25) is 0 Å². The number of hydrogen-bond acceptors (Lipinski definition) is 9. The lowest BCUT2D eigenvalue weighted by molar-refractivity contribution is -0.161. The molecule has 0 bridgehead atoms. The lowest BCUT2D eigenvalue weighted by Crippen LogP contribution is -2.29. The van der Waals surface area contributed by atoms with Gasteiger partial charge in [0, 0.05) is 12.8 Å². The van der Waals surface area contributed by atoms with Crippen LogP contribution in [0.15, 0.2) is 48.6 Å². The van der Waals surface area contributed by atoms with E-state index in [0.29, 0.717) is 6.42 Å². The van der Waals surface area contributed by atoms with Crippen LogP contribution in [-0.4, -0.2) is 74.7 Å². The van der Waals surface area contributed by atoms with Gasteiger partial charge in [-0.2, -0.15) is 0 Å². The highest BCUT2D eigenvalue weighted by Crippen LogP contribution is 2.36. The molecule has 0 spiro atoms. The molecular weight excluding hydrogens is 747 g/mol. The Morgan fingerprint density at radius 3 is 1.47 bits per heavy atom. The maximum Gasteiger partial charge on any atom is 0.469 e. The Labute approximate surface area is 345 Å². The monoisotopic (exact) mass is 829 g/mol. The van der Waals surface area contributed by atoms with Crippen molar-refractivity contribution in [1.82, 2.24) is 0 Å².